The molecule has 1 aromatic rings. The molecule has 0 radical (unpaired) electrons. The number of nitrogens with two attached hydrogens (primary N) is 1. The summed E-state index contributed by atoms with van der Waals surface area (Å²) in [6, 6.07) is 0. The first-order valence-corrected chi connectivity index (χ1v) is 6.45. The van der Waals surface area contributed by atoms with Crippen LogP contribution >= 0.6 is 12.2 Å². The fraction of sp³-hybridized carbons (Fsp3) is 0.667. The minimum atomic E-state index is -0.163. The normalized spacial score (nSPS) is 19.0. The van der Waals surface area contributed by atoms with Crippen LogP contribution in [0.2, 0.25) is 0 Å². The molecule has 100 valence electrons. The first-order chi connectivity index (χ1) is 8.32. The van der Waals surface area contributed by atoms with Crippen LogP contribution in [0.1, 0.15) is 25.1 Å². The van der Waals surface area contributed by atoms with Crippen LogP contribution in [0.4, 0.5) is 5.82 Å². The van der Waals surface area contributed by atoms with Crippen molar-refractivity contribution >= 4 is 23.0 Å². The van der Waals surface area contributed by atoms with Gasteiger partial charge in [-0.15, -0.1) is 0 Å². The highest BCUT2D eigenvalue weighted by atomic mass is 32.1. The lowest BCUT2D eigenvalue weighted by molar-refractivity contribution is -0.0280. The SMILES string of the molecule is Cc1nn(C)c(N2CCOC(C)(C)C2)c1C(N)=S. The second kappa shape index (κ2) is 4.51. The number of ether oxygens (including phenoxy) is 1. The molecule has 0 spiro atoms. The van der Waals surface area contributed by atoms with Gasteiger partial charge in [0.25, 0.3) is 0 Å². The number of hydrogen-bond donors (Lipinski definition) is 1. The second-order valence-electron chi connectivity index (χ2n) is 5.30. The lowest BCUT2D eigenvalue weighted by Crippen LogP contribution is -2.49. The van der Waals surface area contributed by atoms with E-state index in [1.54, 1.807) is 0 Å². The number of hydrogen-bond acceptors (Lipinski definition) is 4. The molecule has 0 aromatic carbocycles. The average molecular weight is 268 g/mol. The molecule has 2 N–H and O–H groups in total. The molecule has 0 bridgehead atoms. The van der Waals surface area contributed by atoms with Crippen molar-refractivity contribution in [1.82, 2.24) is 9.78 Å². The monoisotopic (exact) mass is 268 g/mol. The zero-order valence-corrected chi connectivity index (χ0v) is 12.2. The summed E-state index contributed by atoms with van der Waals surface area (Å²) in [5.41, 5.74) is 7.42. The zero-order chi connectivity index (χ0) is 13.5. The van der Waals surface area contributed by atoms with Gasteiger partial charge in [-0.05, 0) is 20.8 Å². The molecule has 0 amide bonds. The Morgan fingerprint density at radius 3 is 2.72 bits per heavy atom. The molecular formula is C12H20N4OS. The van der Waals surface area contributed by atoms with Gasteiger partial charge in [0.2, 0.25) is 0 Å². The first-order valence-electron chi connectivity index (χ1n) is 6.04. The molecule has 6 heteroatoms. The number of thiocarbonyl (C=S) groups is 1. The smallest absolute Gasteiger partial charge is 0.137 e. The van der Waals surface area contributed by atoms with Crippen LogP contribution in [0.25, 0.3) is 0 Å². The van der Waals surface area contributed by atoms with Crippen LogP contribution in [0.5, 0.6) is 0 Å². The van der Waals surface area contributed by atoms with Crippen molar-refractivity contribution in [3.63, 3.8) is 0 Å². The molecule has 0 unspecified atom stereocenters. The molecule has 1 aliphatic rings. The minimum Gasteiger partial charge on any atom is -0.389 e. The van der Waals surface area contributed by atoms with Crippen molar-refractivity contribution in [2.75, 3.05) is 24.6 Å². The molecule has 0 atom stereocenters. The van der Waals surface area contributed by atoms with E-state index in [9.17, 15) is 0 Å². The quantitative estimate of drug-likeness (QED) is 0.810. The zero-order valence-electron chi connectivity index (χ0n) is 11.4. The van der Waals surface area contributed by atoms with E-state index in [2.05, 4.69) is 23.8 Å². The second-order valence-corrected chi connectivity index (χ2v) is 5.74. The van der Waals surface area contributed by atoms with Gasteiger partial charge in [-0.1, -0.05) is 12.2 Å². The maximum Gasteiger partial charge on any atom is 0.137 e. The summed E-state index contributed by atoms with van der Waals surface area (Å²) in [6.45, 7) is 8.45. The predicted molar refractivity (Wildman–Crippen MR) is 76.1 cm³/mol. The van der Waals surface area contributed by atoms with E-state index < -0.39 is 0 Å². The van der Waals surface area contributed by atoms with E-state index >= 15 is 0 Å². The summed E-state index contributed by atoms with van der Waals surface area (Å²) >= 11 is 5.14. The van der Waals surface area contributed by atoms with Crippen molar-refractivity contribution < 1.29 is 4.74 Å². The largest absolute Gasteiger partial charge is 0.389 e. The van der Waals surface area contributed by atoms with Gasteiger partial charge in [0.05, 0.1) is 23.5 Å². The lowest BCUT2D eigenvalue weighted by Gasteiger charge is -2.39. The number of rotatable bonds is 2. The Morgan fingerprint density at radius 1 is 1.50 bits per heavy atom. The maximum atomic E-state index is 5.82. The molecule has 1 aromatic heterocycles. The average Bonchev–Trinajstić information content (AvgIpc) is 2.51. The number of morpholine rings is 1. The molecule has 1 aliphatic heterocycles. The molecule has 1 fully saturated rings. The molecule has 18 heavy (non-hydrogen) atoms. The summed E-state index contributed by atoms with van der Waals surface area (Å²) in [5.74, 6) is 0.997. The van der Waals surface area contributed by atoms with Crippen molar-refractivity contribution in [1.29, 1.82) is 0 Å². The standard InChI is InChI=1S/C12H20N4OS/c1-8-9(10(13)18)11(15(4)14-8)16-5-6-17-12(2,3)7-16/h5-7H2,1-4H3,(H2,13,18). The van der Waals surface area contributed by atoms with Crippen LogP contribution in [0.15, 0.2) is 0 Å². The highest BCUT2D eigenvalue weighted by Gasteiger charge is 2.31. The minimum absolute atomic E-state index is 0.163. The highest BCUT2D eigenvalue weighted by molar-refractivity contribution is 7.80. The summed E-state index contributed by atoms with van der Waals surface area (Å²) in [6.07, 6.45) is 0. The van der Waals surface area contributed by atoms with Crippen molar-refractivity contribution in [3.8, 4) is 0 Å². The van der Waals surface area contributed by atoms with Gasteiger partial charge in [-0.2, -0.15) is 5.10 Å². The molecule has 1 saturated heterocycles. The van der Waals surface area contributed by atoms with E-state index in [-0.39, 0.29) is 5.60 Å². The summed E-state index contributed by atoms with van der Waals surface area (Å²) in [5, 5.41) is 4.42. The van der Waals surface area contributed by atoms with E-state index in [1.807, 2.05) is 18.7 Å². The van der Waals surface area contributed by atoms with Crippen molar-refractivity contribution in [2.24, 2.45) is 12.8 Å². The summed E-state index contributed by atoms with van der Waals surface area (Å²) < 4.78 is 7.58. The fourth-order valence-corrected chi connectivity index (χ4v) is 2.73. The van der Waals surface area contributed by atoms with Gasteiger partial charge < -0.3 is 15.4 Å². The van der Waals surface area contributed by atoms with Gasteiger partial charge in [0.15, 0.2) is 0 Å². The molecule has 5 nitrogen and oxygen atoms in total. The topological polar surface area (TPSA) is 56.3 Å². The van der Waals surface area contributed by atoms with Gasteiger partial charge in [-0.25, -0.2) is 0 Å². The Morgan fingerprint density at radius 2 is 2.17 bits per heavy atom. The first kappa shape index (κ1) is 13.3. The van der Waals surface area contributed by atoms with Gasteiger partial charge in [0, 0.05) is 20.1 Å². The number of anilines is 1. The molecule has 2 rings (SSSR count). The van der Waals surface area contributed by atoms with Crippen molar-refractivity contribution in [3.05, 3.63) is 11.3 Å². The fourth-order valence-electron chi connectivity index (χ4n) is 2.49. The molecule has 2 heterocycles. The number of nitrogens with zero attached hydrogens (tertiary/aromatic N) is 3. The van der Waals surface area contributed by atoms with Crippen LogP contribution in [-0.2, 0) is 11.8 Å². The van der Waals surface area contributed by atoms with Gasteiger partial charge in [0.1, 0.15) is 10.8 Å². The Kier molecular flexibility index (Phi) is 3.33. The maximum absolute atomic E-state index is 5.82. The Hall–Kier alpha value is -1.14. The van der Waals surface area contributed by atoms with Crippen LogP contribution in [0.3, 0.4) is 0 Å². The third-order valence-corrected chi connectivity index (χ3v) is 3.37. The molecule has 0 saturated carbocycles. The van der Waals surface area contributed by atoms with E-state index in [4.69, 9.17) is 22.7 Å². The third kappa shape index (κ3) is 2.35. The van der Waals surface area contributed by atoms with Crippen molar-refractivity contribution in [2.45, 2.75) is 26.4 Å². The Labute approximate surface area is 113 Å². The summed E-state index contributed by atoms with van der Waals surface area (Å²) in [7, 11) is 1.92. The van der Waals surface area contributed by atoms with E-state index in [1.165, 1.54) is 0 Å². The number of aromatic nitrogens is 2. The van der Waals surface area contributed by atoms with Crippen LogP contribution in [-0.4, -0.2) is 40.1 Å². The molecular weight excluding hydrogens is 248 g/mol. The van der Waals surface area contributed by atoms with Crippen LogP contribution < -0.4 is 10.6 Å². The van der Waals surface area contributed by atoms with E-state index in [0.717, 1.165) is 30.2 Å². The lowest BCUT2D eigenvalue weighted by atomic mass is 10.1. The van der Waals surface area contributed by atoms with E-state index in [0.29, 0.717) is 11.6 Å². The van der Waals surface area contributed by atoms with Gasteiger partial charge >= 0.3 is 0 Å². The highest BCUT2D eigenvalue weighted by Crippen LogP contribution is 2.27. The Bertz CT molecular complexity index is 481. The summed E-state index contributed by atoms with van der Waals surface area (Å²) in [4.78, 5) is 2.65. The molecule has 0 aliphatic carbocycles. The third-order valence-electron chi connectivity index (χ3n) is 3.16. The predicted octanol–water partition coefficient (Wildman–Crippen LogP) is 0.978. The van der Waals surface area contributed by atoms with Crippen LogP contribution in [0, 0.1) is 6.92 Å². The number of aryl methyl sites for hydroxylation is 2. The van der Waals surface area contributed by atoms with Gasteiger partial charge in [-0.3, -0.25) is 4.68 Å². The Balaban J connectivity index is 2.41.